The number of hydrogen-bond acceptors (Lipinski definition) is 6. The number of ether oxygens (including phenoxy) is 1. The minimum absolute atomic E-state index is 0.0710. The molecule has 8 heteroatoms. The minimum atomic E-state index is -1.79. The SMILES string of the molecule is CCOC(=O)C(=O)c1c(C)nc2cnc(CC(C)(C)C)cn12.O=[Si](c1ccccc1)c1ccccc1. The Labute approximate surface area is 212 Å². The number of carbonyl (C=O) groups excluding carboxylic acids is 2. The van der Waals surface area contributed by atoms with E-state index in [1.54, 1.807) is 30.6 Å². The molecular formula is C28H31N3O4Si. The third-order valence-corrected chi connectivity index (χ3v) is 6.91. The van der Waals surface area contributed by atoms with Gasteiger partial charge < -0.3 is 9.20 Å². The summed E-state index contributed by atoms with van der Waals surface area (Å²) < 4.78 is 18.5. The second-order valence-corrected chi connectivity index (χ2v) is 11.3. The van der Waals surface area contributed by atoms with Crippen LogP contribution < -0.4 is 10.4 Å². The van der Waals surface area contributed by atoms with E-state index in [9.17, 15) is 14.1 Å². The van der Waals surface area contributed by atoms with Gasteiger partial charge >= 0.3 is 14.7 Å². The summed E-state index contributed by atoms with van der Waals surface area (Å²) in [7, 11) is -1.79. The highest BCUT2D eigenvalue weighted by Gasteiger charge is 2.25. The van der Waals surface area contributed by atoms with Gasteiger partial charge in [0.25, 0.3) is 5.78 Å². The van der Waals surface area contributed by atoms with Crippen molar-refractivity contribution < 1.29 is 18.8 Å². The van der Waals surface area contributed by atoms with Crippen LogP contribution in [0.1, 0.15) is 49.6 Å². The maximum atomic E-state index is 12.3. The van der Waals surface area contributed by atoms with Crippen LogP contribution in [0.3, 0.4) is 0 Å². The number of nitrogens with zero attached hydrogens (tertiary/aromatic N) is 3. The largest absolute Gasteiger partial charge is 0.460 e. The molecule has 4 rings (SSSR count). The number of benzene rings is 2. The zero-order chi connectivity index (χ0) is 26.3. The second-order valence-electron chi connectivity index (χ2n) is 9.50. The maximum Gasteiger partial charge on any atom is 0.381 e. The third kappa shape index (κ3) is 6.88. The third-order valence-electron chi connectivity index (χ3n) is 5.20. The number of imidazole rings is 1. The Balaban J connectivity index is 0.000000221. The molecule has 2 aromatic carbocycles. The van der Waals surface area contributed by atoms with E-state index in [1.807, 2.05) is 60.7 Å². The number of Topliss-reactive ketones (excluding diaryl/α,β-unsaturated/α-hetero) is 1. The quantitative estimate of drug-likeness (QED) is 0.174. The van der Waals surface area contributed by atoms with Crippen LogP contribution in [0.5, 0.6) is 0 Å². The monoisotopic (exact) mass is 501 g/mol. The van der Waals surface area contributed by atoms with Gasteiger partial charge in [-0.25, -0.2) is 9.78 Å². The Bertz CT molecular complexity index is 1320. The Hall–Kier alpha value is -3.78. The zero-order valence-electron chi connectivity index (χ0n) is 21.3. The van der Waals surface area contributed by atoms with Crippen LogP contribution in [0.4, 0.5) is 0 Å². The first-order valence-electron chi connectivity index (χ1n) is 11.8. The lowest BCUT2D eigenvalue weighted by molar-refractivity contribution is -0.137. The average Bonchev–Trinajstić information content (AvgIpc) is 3.18. The Morgan fingerprint density at radius 2 is 1.53 bits per heavy atom. The maximum absolute atomic E-state index is 12.3. The second kappa shape index (κ2) is 11.8. The van der Waals surface area contributed by atoms with Gasteiger partial charge in [-0.3, -0.25) is 14.2 Å². The van der Waals surface area contributed by atoms with Crippen molar-refractivity contribution in [2.24, 2.45) is 5.41 Å². The molecule has 7 nitrogen and oxygen atoms in total. The van der Waals surface area contributed by atoms with E-state index in [0.717, 1.165) is 22.5 Å². The number of aryl methyl sites for hydroxylation is 1. The van der Waals surface area contributed by atoms with Crippen LogP contribution in [0, 0.1) is 12.3 Å². The summed E-state index contributed by atoms with van der Waals surface area (Å²) in [4.78, 5) is 32.7. The van der Waals surface area contributed by atoms with E-state index in [0.29, 0.717) is 11.3 Å². The first kappa shape index (κ1) is 26.8. The standard InChI is InChI=1S/C16H21N3O3.C12H10OSi/c1-6-22-15(21)14(20)13-10(2)18-12-8-17-11(9-19(12)13)7-16(3,4)5;13-14(11-7-3-1-4-8-11)12-9-5-2-6-10-12/h8-9H,6-7H2,1-5H3;1-10H. The van der Waals surface area contributed by atoms with E-state index < -0.39 is 20.4 Å². The molecule has 0 unspecified atom stereocenters. The molecule has 0 radical (unpaired) electrons. The fourth-order valence-electron chi connectivity index (χ4n) is 3.66. The lowest BCUT2D eigenvalue weighted by atomic mass is 9.91. The molecule has 0 saturated carbocycles. The van der Waals surface area contributed by atoms with Gasteiger partial charge in [0.15, 0.2) is 5.65 Å². The fraction of sp³-hybridized carbons (Fsp3) is 0.286. The molecule has 0 aliphatic rings. The number of carbonyl (C=O) groups is 2. The molecule has 0 aliphatic heterocycles. The number of fused-ring (bicyclic) bond motifs is 1. The molecule has 36 heavy (non-hydrogen) atoms. The number of aromatic nitrogens is 3. The van der Waals surface area contributed by atoms with Crippen molar-refractivity contribution in [1.82, 2.24) is 14.4 Å². The van der Waals surface area contributed by atoms with Gasteiger partial charge in [-0.15, -0.1) is 0 Å². The van der Waals surface area contributed by atoms with Gasteiger partial charge in [0, 0.05) is 16.6 Å². The Kier molecular flexibility index (Phi) is 8.76. The smallest absolute Gasteiger partial charge is 0.381 e. The van der Waals surface area contributed by atoms with Gasteiger partial charge in [-0.2, -0.15) is 0 Å². The van der Waals surface area contributed by atoms with Crippen molar-refractivity contribution in [3.05, 3.63) is 90.1 Å². The van der Waals surface area contributed by atoms with Crippen molar-refractivity contribution in [2.45, 2.75) is 41.0 Å². The highest BCUT2D eigenvalue weighted by Crippen LogP contribution is 2.20. The molecule has 0 amide bonds. The van der Waals surface area contributed by atoms with Gasteiger partial charge in [0.1, 0.15) is 5.69 Å². The van der Waals surface area contributed by atoms with Crippen molar-refractivity contribution in [1.29, 1.82) is 0 Å². The van der Waals surface area contributed by atoms with E-state index in [4.69, 9.17) is 4.74 Å². The van der Waals surface area contributed by atoms with Crippen LogP contribution in [0.2, 0.25) is 0 Å². The average molecular weight is 502 g/mol. The van der Waals surface area contributed by atoms with Gasteiger partial charge in [0.05, 0.1) is 24.2 Å². The van der Waals surface area contributed by atoms with Crippen LogP contribution in [0.15, 0.2) is 73.1 Å². The summed E-state index contributed by atoms with van der Waals surface area (Å²) in [6.07, 6.45) is 4.15. The normalized spacial score (nSPS) is 10.9. The molecule has 0 fully saturated rings. The lowest BCUT2D eigenvalue weighted by Gasteiger charge is -2.17. The molecule has 0 spiro atoms. The molecule has 0 atom stereocenters. The summed E-state index contributed by atoms with van der Waals surface area (Å²) >= 11 is 0. The van der Waals surface area contributed by atoms with Crippen molar-refractivity contribution in [3.8, 4) is 0 Å². The van der Waals surface area contributed by atoms with E-state index >= 15 is 0 Å². The Morgan fingerprint density at radius 1 is 0.972 bits per heavy atom. The molecule has 0 saturated heterocycles. The molecule has 2 heterocycles. The molecule has 0 N–H and O–H groups in total. The van der Waals surface area contributed by atoms with Crippen LogP contribution in [-0.4, -0.2) is 41.4 Å². The van der Waals surface area contributed by atoms with E-state index in [2.05, 4.69) is 30.7 Å². The van der Waals surface area contributed by atoms with Crippen LogP contribution in [0.25, 0.3) is 5.65 Å². The zero-order valence-corrected chi connectivity index (χ0v) is 22.3. The molecule has 2 aromatic heterocycles. The minimum Gasteiger partial charge on any atom is -0.460 e. The van der Waals surface area contributed by atoms with Gasteiger partial charge in [-0.05, 0) is 25.7 Å². The first-order chi connectivity index (χ1) is 17.1. The summed E-state index contributed by atoms with van der Waals surface area (Å²) in [5.41, 5.74) is 2.19. The van der Waals surface area contributed by atoms with E-state index in [-0.39, 0.29) is 17.7 Å². The van der Waals surface area contributed by atoms with E-state index in [1.165, 1.54) is 0 Å². The predicted octanol–water partition coefficient (Wildman–Crippen LogP) is 3.59. The number of esters is 1. The first-order valence-corrected chi connectivity index (χ1v) is 13.2. The summed E-state index contributed by atoms with van der Waals surface area (Å²) in [6.45, 7) is 9.87. The summed E-state index contributed by atoms with van der Waals surface area (Å²) in [5.74, 6) is -1.54. The highest BCUT2D eigenvalue weighted by molar-refractivity contribution is 6.72. The highest BCUT2D eigenvalue weighted by atomic mass is 28.3. The molecule has 4 aromatic rings. The number of rotatable bonds is 6. The fourth-order valence-corrected chi connectivity index (χ4v) is 4.98. The lowest BCUT2D eigenvalue weighted by Crippen LogP contribution is -2.33. The molecule has 0 bridgehead atoms. The van der Waals surface area contributed by atoms with Crippen molar-refractivity contribution in [2.75, 3.05) is 6.61 Å². The molecule has 186 valence electrons. The number of ketones is 1. The number of hydrogen-bond donors (Lipinski definition) is 0. The van der Waals surface area contributed by atoms with Crippen molar-refractivity contribution >= 4 is 36.5 Å². The predicted molar refractivity (Wildman–Crippen MR) is 140 cm³/mol. The van der Waals surface area contributed by atoms with Crippen LogP contribution in [-0.2, 0) is 20.4 Å². The topological polar surface area (TPSA) is 90.6 Å². The summed E-state index contributed by atoms with van der Waals surface area (Å²) in [5, 5.41) is 1.84. The molecular weight excluding hydrogens is 470 g/mol. The van der Waals surface area contributed by atoms with Crippen LogP contribution >= 0.6 is 0 Å². The van der Waals surface area contributed by atoms with Crippen molar-refractivity contribution in [3.63, 3.8) is 0 Å². The summed E-state index contributed by atoms with van der Waals surface area (Å²) in [6, 6.07) is 19.2. The van der Waals surface area contributed by atoms with Gasteiger partial charge in [0.2, 0.25) is 0 Å². The molecule has 0 aliphatic carbocycles. The van der Waals surface area contributed by atoms with Gasteiger partial charge in [-0.1, -0.05) is 81.4 Å². The Morgan fingerprint density at radius 3 is 2.03 bits per heavy atom.